The lowest BCUT2D eigenvalue weighted by Crippen LogP contribution is -2.18. The smallest absolute Gasteiger partial charge is 0.236 e. The molecule has 132 valence electrons. The number of benzene rings is 1. The van der Waals surface area contributed by atoms with Crippen molar-refractivity contribution in [3.8, 4) is 22.3 Å². The first-order valence-electron chi connectivity index (χ1n) is 8.00. The van der Waals surface area contributed by atoms with Gasteiger partial charge < -0.3 is 13.9 Å². The lowest BCUT2D eigenvalue weighted by Gasteiger charge is -2.18. The molecular formula is C19H22N2O3S. The van der Waals surface area contributed by atoms with Gasteiger partial charge in [0.05, 0.1) is 24.8 Å². The monoisotopic (exact) mass is 358 g/mol. The van der Waals surface area contributed by atoms with E-state index in [-0.39, 0.29) is 0 Å². The Bertz CT molecular complexity index is 827. The third kappa shape index (κ3) is 4.03. The molecule has 0 aliphatic carbocycles. The van der Waals surface area contributed by atoms with E-state index in [0.29, 0.717) is 12.4 Å². The number of ether oxygens (including phenoxy) is 2. The Balaban J connectivity index is 1.72. The average molecular weight is 358 g/mol. The van der Waals surface area contributed by atoms with Gasteiger partial charge in [-0.2, -0.15) is 0 Å². The Morgan fingerprint density at radius 1 is 1.16 bits per heavy atom. The van der Waals surface area contributed by atoms with Gasteiger partial charge in [0, 0.05) is 24.7 Å². The molecule has 0 saturated heterocycles. The summed E-state index contributed by atoms with van der Waals surface area (Å²) in [7, 11) is 5.38. The Morgan fingerprint density at radius 2 is 2.00 bits per heavy atom. The highest BCUT2D eigenvalue weighted by molar-refractivity contribution is 7.13. The number of hydrogen-bond acceptors (Lipinski definition) is 6. The molecule has 0 radical (unpaired) electrons. The third-order valence-electron chi connectivity index (χ3n) is 3.98. The molecule has 2 aromatic heterocycles. The highest BCUT2D eigenvalue weighted by Gasteiger charge is 2.15. The molecule has 3 aromatic rings. The molecule has 0 unspecified atom stereocenters. The lowest BCUT2D eigenvalue weighted by molar-refractivity contribution is 0.304. The van der Waals surface area contributed by atoms with Crippen LogP contribution in [0.1, 0.15) is 17.0 Å². The van der Waals surface area contributed by atoms with Gasteiger partial charge in [0.2, 0.25) is 5.89 Å². The van der Waals surface area contributed by atoms with Crippen molar-refractivity contribution in [3.63, 3.8) is 0 Å². The lowest BCUT2D eigenvalue weighted by atomic mass is 10.1. The maximum absolute atomic E-state index is 5.82. The summed E-state index contributed by atoms with van der Waals surface area (Å²) in [6.07, 6.45) is 0. The predicted octanol–water partition coefficient (Wildman–Crippen LogP) is 4.36. The molecule has 0 N–H and O–H groups in total. The molecular weight excluding hydrogens is 336 g/mol. The first-order valence-corrected chi connectivity index (χ1v) is 8.88. The van der Waals surface area contributed by atoms with Crippen molar-refractivity contribution in [2.75, 3.05) is 21.3 Å². The van der Waals surface area contributed by atoms with E-state index in [1.807, 2.05) is 42.6 Å². The van der Waals surface area contributed by atoms with Crippen LogP contribution in [0.25, 0.3) is 10.8 Å². The van der Waals surface area contributed by atoms with Crippen LogP contribution >= 0.6 is 11.3 Å². The van der Waals surface area contributed by atoms with E-state index in [4.69, 9.17) is 13.9 Å². The maximum atomic E-state index is 5.82. The Kier molecular flexibility index (Phi) is 5.40. The Morgan fingerprint density at radius 3 is 2.68 bits per heavy atom. The topological polar surface area (TPSA) is 47.7 Å². The molecule has 0 saturated carbocycles. The molecule has 3 rings (SSSR count). The standard InChI is InChI=1S/C19H22N2O3S/c1-13-16(20-19(24-13)18-6-5-9-25-18)12-21(2)11-14-7-8-15(22-3)10-17(14)23-4/h5-10H,11-12H2,1-4H3. The number of aromatic nitrogens is 1. The molecule has 5 nitrogen and oxygen atoms in total. The summed E-state index contributed by atoms with van der Waals surface area (Å²) < 4.78 is 16.5. The van der Waals surface area contributed by atoms with Gasteiger partial charge in [-0.15, -0.1) is 11.3 Å². The number of nitrogens with zero attached hydrogens (tertiary/aromatic N) is 2. The van der Waals surface area contributed by atoms with Crippen molar-refractivity contribution in [3.05, 3.63) is 52.7 Å². The number of thiophene rings is 1. The van der Waals surface area contributed by atoms with Crippen molar-refractivity contribution in [2.24, 2.45) is 0 Å². The SMILES string of the molecule is COc1ccc(CN(C)Cc2nc(-c3cccs3)oc2C)c(OC)c1. The zero-order valence-electron chi connectivity index (χ0n) is 14.9. The molecule has 6 heteroatoms. The van der Waals surface area contributed by atoms with Crippen LogP contribution in [0.2, 0.25) is 0 Å². The zero-order valence-corrected chi connectivity index (χ0v) is 15.7. The van der Waals surface area contributed by atoms with Crippen LogP contribution in [0.5, 0.6) is 11.5 Å². The van der Waals surface area contributed by atoms with Crippen LogP contribution in [-0.4, -0.2) is 31.2 Å². The molecule has 25 heavy (non-hydrogen) atoms. The molecule has 0 spiro atoms. The summed E-state index contributed by atoms with van der Waals surface area (Å²) in [6.45, 7) is 3.41. The third-order valence-corrected chi connectivity index (χ3v) is 4.84. The number of oxazole rings is 1. The second-order valence-corrected chi connectivity index (χ2v) is 6.80. The second kappa shape index (κ2) is 7.72. The molecule has 0 amide bonds. The van der Waals surface area contributed by atoms with Crippen molar-refractivity contribution in [1.29, 1.82) is 0 Å². The van der Waals surface area contributed by atoms with Gasteiger partial charge in [-0.25, -0.2) is 4.98 Å². The second-order valence-electron chi connectivity index (χ2n) is 5.85. The molecule has 0 atom stereocenters. The molecule has 1 aromatic carbocycles. The summed E-state index contributed by atoms with van der Waals surface area (Å²) >= 11 is 1.63. The van der Waals surface area contributed by atoms with E-state index >= 15 is 0 Å². The van der Waals surface area contributed by atoms with Gasteiger partial charge in [-0.1, -0.05) is 12.1 Å². The molecule has 0 aliphatic rings. The van der Waals surface area contributed by atoms with Gasteiger partial charge in [0.15, 0.2) is 0 Å². The van der Waals surface area contributed by atoms with E-state index < -0.39 is 0 Å². The van der Waals surface area contributed by atoms with Gasteiger partial charge in [-0.05, 0) is 31.5 Å². The van der Waals surface area contributed by atoms with Crippen LogP contribution in [0.15, 0.2) is 40.1 Å². The normalized spacial score (nSPS) is 11.1. The van der Waals surface area contributed by atoms with Crippen LogP contribution in [0.4, 0.5) is 0 Å². The van der Waals surface area contributed by atoms with Crippen LogP contribution < -0.4 is 9.47 Å². The van der Waals surface area contributed by atoms with E-state index in [1.54, 1.807) is 25.6 Å². The average Bonchev–Trinajstić information content (AvgIpc) is 3.25. The van der Waals surface area contributed by atoms with Crippen molar-refractivity contribution in [1.82, 2.24) is 9.88 Å². The predicted molar refractivity (Wildman–Crippen MR) is 99.3 cm³/mol. The highest BCUT2D eigenvalue weighted by atomic mass is 32.1. The minimum Gasteiger partial charge on any atom is -0.497 e. The van der Waals surface area contributed by atoms with Crippen LogP contribution in [-0.2, 0) is 13.1 Å². The van der Waals surface area contributed by atoms with Crippen molar-refractivity contribution in [2.45, 2.75) is 20.0 Å². The summed E-state index contributed by atoms with van der Waals surface area (Å²) in [5, 5.41) is 2.02. The van der Waals surface area contributed by atoms with Crippen molar-refractivity contribution >= 4 is 11.3 Å². The van der Waals surface area contributed by atoms with Crippen LogP contribution in [0, 0.1) is 6.92 Å². The molecule has 2 heterocycles. The fourth-order valence-corrected chi connectivity index (χ4v) is 3.31. The fraction of sp³-hybridized carbons (Fsp3) is 0.316. The molecule has 0 aliphatic heterocycles. The Labute approximate surface area is 151 Å². The minimum absolute atomic E-state index is 0.693. The number of methoxy groups -OCH3 is 2. The van der Waals surface area contributed by atoms with Crippen molar-refractivity contribution < 1.29 is 13.9 Å². The van der Waals surface area contributed by atoms with Gasteiger partial charge in [-0.3, -0.25) is 4.90 Å². The summed E-state index contributed by atoms with van der Waals surface area (Å²) in [4.78, 5) is 7.89. The van der Waals surface area contributed by atoms with Gasteiger partial charge >= 0.3 is 0 Å². The van der Waals surface area contributed by atoms with E-state index in [9.17, 15) is 0 Å². The quantitative estimate of drug-likeness (QED) is 0.628. The van der Waals surface area contributed by atoms with Gasteiger partial charge in [0.1, 0.15) is 17.3 Å². The molecule has 0 bridgehead atoms. The maximum Gasteiger partial charge on any atom is 0.236 e. The number of rotatable bonds is 7. The highest BCUT2D eigenvalue weighted by Crippen LogP contribution is 2.28. The first kappa shape index (κ1) is 17.5. The van der Waals surface area contributed by atoms with Gasteiger partial charge in [0.25, 0.3) is 0 Å². The van der Waals surface area contributed by atoms with E-state index in [0.717, 1.165) is 39.9 Å². The number of hydrogen-bond donors (Lipinski definition) is 0. The van der Waals surface area contributed by atoms with E-state index in [2.05, 4.69) is 16.9 Å². The summed E-state index contributed by atoms with van der Waals surface area (Å²) in [6, 6.07) is 9.90. The molecule has 0 fully saturated rings. The summed E-state index contributed by atoms with van der Waals surface area (Å²) in [5.74, 6) is 3.16. The zero-order chi connectivity index (χ0) is 17.8. The Hall–Kier alpha value is -2.31. The number of aryl methyl sites for hydroxylation is 1. The summed E-state index contributed by atoms with van der Waals surface area (Å²) in [5.41, 5.74) is 2.06. The van der Waals surface area contributed by atoms with E-state index in [1.165, 1.54) is 0 Å². The van der Waals surface area contributed by atoms with Crippen LogP contribution in [0.3, 0.4) is 0 Å². The fourth-order valence-electron chi connectivity index (χ4n) is 2.67. The largest absolute Gasteiger partial charge is 0.497 e. The minimum atomic E-state index is 0.693. The first-order chi connectivity index (χ1) is 12.1.